The summed E-state index contributed by atoms with van der Waals surface area (Å²) in [5.41, 5.74) is 0.282. The van der Waals surface area contributed by atoms with Crippen LogP contribution in [-0.4, -0.2) is 54.4 Å². The van der Waals surface area contributed by atoms with Crippen LogP contribution in [0.4, 0.5) is 8.78 Å². The minimum Gasteiger partial charge on any atom is -0.355 e. The molecule has 4 rings (SSSR count). The zero-order valence-electron chi connectivity index (χ0n) is 19.3. The molecule has 0 bridgehead atoms. The maximum Gasteiger partial charge on any atom is 0.248 e. The van der Waals surface area contributed by atoms with E-state index in [-0.39, 0.29) is 52.9 Å². The second kappa shape index (κ2) is 9.95. The summed E-state index contributed by atoms with van der Waals surface area (Å²) in [6.07, 6.45) is 6.69. The van der Waals surface area contributed by atoms with E-state index in [2.05, 4.69) is 12.1 Å². The second-order valence-electron chi connectivity index (χ2n) is 9.02. The van der Waals surface area contributed by atoms with Crippen LogP contribution in [0.3, 0.4) is 0 Å². The first kappa shape index (κ1) is 24.5. The minimum absolute atomic E-state index is 0.0263. The summed E-state index contributed by atoms with van der Waals surface area (Å²) in [5.74, 6) is -1.56. The standard InChI is InChI=1S/C24H29F2N3O4S/c1-16-5-3-4-12-29(16)24(30)19-10-13-28(14-11-19)34(31,32)23-17(2)27-33-22(23)9-7-18-6-8-20(25)15-21(18)26/h6-9,15-16,19H,3-5,10-14H2,1-2H3/b9-7+/t16-/m1/s1. The molecule has 2 aliphatic rings. The zero-order valence-corrected chi connectivity index (χ0v) is 20.2. The highest BCUT2D eigenvalue weighted by atomic mass is 32.2. The Morgan fingerprint density at radius 3 is 2.53 bits per heavy atom. The van der Waals surface area contributed by atoms with Gasteiger partial charge in [-0.05, 0) is 70.2 Å². The Labute approximate surface area is 198 Å². The van der Waals surface area contributed by atoms with Crippen molar-refractivity contribution in [2.24, 2.45) is 5.92 Å². The van der Waals surface area contributed by atoms with E-state index in [0.717, 1.165) is 37.9 Å². The minimum atomic E-state index is -3.94. The van der Waals surface area contributed by atoms with E-state index in [1.165, 1.54) is 29.4 Å². The molecular formula is C24H29F2N3O4S. The Balaban J connectivity index is 1.48. The quantitative estimate of drug-likeness (QED) is 0.622. The molecule has 0 saturated carbocycles. The number of carbonyl (C=O) groups is 1. The van der Waals surface area contributed by atoms with Crippen LogP contribution in [0, 0.1) is 24.5 Å². The van der Waals surface area contributed by atoms with Crippen molar-refractivity contribution in [3.63, 3.8) is 0 Å². The lowest BCUT2D eigenvalue weighted by molar-refractivity contribution is -0.140. The van der Waals surface area contributed by atoms with Crippen LogP contribution in [0.1, 0.15) is 56.0 Å². The Kier molecular flexibility index (Phi) is 7.18. The largest absolute Gasteiger partial charge is 0.355 e. The van der Waals surface area contributed by atoms with E-state index in [9.17, 15) is 22.0 Å². The Bertz CT molecular complexity index is 1190. The lowest BCUT2D eigenvalue weighted by atomic mass is 9.94. The number of carbonyl (C=O) groups excluding carboxylic acids is 1. The number of rotatable bonds is 5. The summed E-state index contributed by atoms with van der Waals surface area (Å²) < 4.78 is 60.5. The van der Waals surface area contributed by atoms with E-state index in [1.807, 2.05) is 4.90 Å². The molecule has 34 heavy (non-hydrogen) atoms. The Morgan fingerprint density at radius 2 is 1.85 bits per heavy atom. The highest BCUT2D eigenvalue weighted by molar-refractivity contribution is 7.89. The van der Waals surface area contributed by atoms with Gasteiger partial charge in [-0.2, -0.15) is 4.31 Å². The van der Waals surface area contributed by atoms with Gasteiger partial charge in [-0.15, -0.1) is 0 Å². The summed E-state index contributed by atoms with van der Waals surface area (Å²) in [5, 5.41) is 3.79. The number of benzene rings is 1. The summed E-state index contributed by atoms with van der Waals surface area (Å²) >= 11 is 0. The van der Waals surface area contributed by atoms with Gasteiger partial charge < -0.3 is 9.42 Å². The second-order valence-corrected chi connectivity index (χ2v) is 10.9. The SMILES string of the molecule is Cc1noc(/C=C/c2ccc(F)cc2F)c1S(=O)(=O)N1CCC(C(=O)N2CCCC[C@H]2C)CC1. The molecule has 1 atom stereocenters. The van der Waals surface area contributed by atoms with E-state index in [1.54, 1.807) is 0 Å². The molecule has 184 valence electrons. The predicted molar refractivity (Wildman–Crippen MR) is 123 cm³/mol. The van der Waals surface area contributed by atoms with Gasteiger partial charge in [0.2, 0.25) is 15.9 Å². The van der Waals surface area contributed by atoms with Crippen LogP contribution in [-0.2, 0) is 14.8 Å². The molecule has 3 heterocycles. The summed E-state index contributed by atoms with van der Waals surface area (Å²) in [6.45, 7) is 4.81. The summed E-state index contributed by atoms with van der Waals surface area (Å²) in [4.78, 5) is 14.9. The fraction of sp³-hybridized carbons (Fsp3) is 0.500. The zero-order chi connectivity index (χ0) is 24.5. The molecule has 2 fully saturated rings. The molecule has 0 unspecified atom stereocenters. The molecular weight excluding hydrogens is 464 g/mol. The number of amides is 1. The first-order chi connectivity index (χ1) is 16.2. The Hall–Kier alpha value is -2.59. The van der Waals surface area contributed by atoms with Crippen molar-refractivity contribution in [1.29, 1.82) is 0 Å². The number of nitrogens with zero attached hydrogens (tertiary/aromatic N) is 3. The van der Waals surface area contributed by atoms with Gasteiger partial charge >= 0.3 is 0 Å². The van der Waals surface area contributed by atoms with Crippen LogP contribution in [0.2, 0.25) is 0 Å². The molecule has 2 saturated heterocycles. The average Bonchev–Trinajstić information content (AvgIpc) is 3.19. The number of sulfonamides is 1. The molecule has 2 aliphatic heterocycles. The average molecular weight is 494 g/mol. The highest BCUT2D eigenvalue weighted by Crippen LogP contribution is 2.31. The third kappa shape index (κ3) is 4.93. The molecule has 0 aliphatic carbocycles. The van der Waals surface area contributed by atoms with Crippen molar-refractivity contribution in [3.05, 3.63) is 46.9 Å². The van der Waals surface area contributed by atoms with Crippen molar-refractivity contribution >= 4 is 28.1 Å². The third-order valence-corrected chi connectivity index (χ3v) is 8.75. The maximum atomic E-state index is 13.9. The topological polar surface area (TPSA) is 83.7 Å². The number of aromatic nitrogens is 1. The number of hydrogen-bond donors (Lipinski definition) is 0. The number of hydrogen-bond acceptors (Lipinski definition) is 5. The van der Waals surface area contributed by atoms with E-state index >= 15 is 0 Å². The number of likely N-dealkylation sites (tertiary alicyclic amines) is 1. The van der Waals surface area contributed by atoms with Crippen LogP contribution in [0.15, 0.2) is 27.6 Å². The molecule has 2 aromatic rings. The van der Waals surface area contributed by atoms with Gasteiger partial charge in [0.15, 0.2) is 10.7 Å². The van der Waals surface area contributed by atoms with Gasteiger partial charge in [0.1, 0.15) is 17.3 Å². The molecule has 10 heteroatoms. The molecule has 1 aromatic carbocycles. The van der Waals surface area contributed by atoms with Gasteiger partial charge in [0, 0.05) is 43.2 Å². The van der Waals surface area contributed by atoms with Gasteiger partial charge in [-0.1, -0.05) is 5.16 Å². The predicted octanol–water partition coefficient (Wildman–Crippen LogP) is 4.23. The lowest BCUT2D eigenvalue weighted by Gasteiger charge is -2.38. The highest BCUT2D eigenvalue weighted by Gasteiger charge is 2.37. The van der Waals surface area contributed by atoms with Crippen LogP contribution in [0.5, 0.6) is 0 Å². The van der Waals surface area contributed by atoms with Crippen LogP contribution < -0.4 is 0 Å². The van der Waals surface area contributed by atoms with E-state index < -0.39 is 21.7 Å². The monoisotopic (exact) mass is 493 g/mol. The van der Waals surface area contributed by atoms with Gasteiger partial charge in [0.05, 0.1) is 0 Å². The van der Waals surface area contributed by atoms with Crippen LogP contribution >= 0.6 is 0 Å². The molecule has 1 aromatic heterocycles. The fourth-order valence-electron chi connectivity index (χ4n) is 4.73. The third-order valence-electron chi connectivity index (χ3n) is 6.70. The van der Waals surface area contributed by atoms with Gasteiger partial charge in [-0.3, -0.25) is 4.79 Å². The van der Waals surface area contributed by atoms with Gasteiger partial charge in [0.25, 0.3) is 0 Å². The smallest absolute Gasteiger partial charge is 0.248 e. The van der Waals surface area contributed by atoms with Crippen molar-refractivity contribution < 1.29 is 26.5 Å². The summed E-state index contributed by atoms with van der Waals surface area (Å²) in [7, 11) is -3.94. The molecule has 1 amide bonds. The number of piperidine rings is 2. The first-order valence-corrected chi connectivity index (χ1v) is 13.0. The fourth-order valence-corrected chi connectivity index (χ4v) is 6.45. The van der Waals surface area contributed by atoms with Crippen molar-refractivity contribution in [1.82, 2.24) is 14.4 Å². The lowest BCUT2D eigenvalue weighted by Crippen LogP contribution is -2.48. The summed E-state index contributed by atoms with van der Waals surface area (Å²) in [6, 6.07) is 3.34. The van der Waals surface area contributed by atoms with E-state index in [0.29, 0.717) is 12.8 Å². The molecule has 0 N–H and O–H groups in total. The molecule has 0 spiro atoms. The van der Waals surface area contributed by atoms with Crippen molar-refractivity contribution in [2.75, 3.05) is 19.6 Å². The molecule has 7 nitrogen and oxygen atoms in total. The van der Waals surface area contributed by atoms with Crippen molar-refractivity contribution in [2.45, 2.75) is 56.9 Å². The first-order valence-electron chi connectivity index (χ1n) is 11.6. The number of halogens is 2. The maximum absolute atomic E-state index is 13.9. The molecule has 0 radical (unpaired) electrons. The Morgan fingerprint density at radius 1 is 1.12 bits per heavy atom. The normalized spacial score (nSPS) is 20.8. The van der Waals surface area contributed by atoms with E-state index in [4.69, 9.17) is 4.52 Å². The number of aryl methyl sites for hydroxylation is 1. The van der Waals surface area contributed by atoms with Crippen molar-refractivity contribution in [3.8, 4) is 0 Å². The van der Waals surface area contributed by atoms with Gasteiger partial charge in [-0.25, -0.2) is 17.2 Å². The van der Waals surface area contributed by atoms with Crippen LogP contribution in [0.25, 0.3) is 12.2 Å².